The molecule has 0 spiro atoms. The van der Waals surface area contributed by atoms with Gasteiger partial charge in [0.15, 0.2) is 5.76 Å². The van der Waals surface area contributed by atoms with Gasteiger partial charge in [0.05, 0.1) is 39.6 Å². The molecule has 2 aromatic carbocycles. The van der Waals surface area contributed by atoms with Gasteiger partial charge < -0.3 is 9.15 Å². The molecule has 2 aromatic heterocycles. The van der Waals surface area contributed by atoms with Crippen LogP contribution in [-0.2, 0) is 14.8 Å². The van der Waals surface area contributed by atoms with Gasteiger partial charge in [-0.2, -0.15) is 14.4 Å². The van der Waals surface area contributed by atoms with Crippen molar-refractivity contribution in [2.45, 2.75) is 37.9 Å². The van der Waals surface area contributed by atoms with Gasteiger partial charge >= 0.3 is 5.88 Å². The summed E-state index contributed by atoms with van der Waals surface area (Å²) in [5.41, 5.74) is 1.86. The summed E-state index contributed by atoms with van der Waals surface area (Å²) in [7, 11) is -3.79. The standard InChI is InChI=1S/C26H25N5O7S2/c1-16-4-10-22-23(12-16)39-26(28-22)30(27-13-20-7-11-24(38-20)31(33)34)25(32)19-5-8-21(9-6-19)40(35,36)29-14-17(2)37-18(3)15-29/h4-13,17-18H,14-15H2,1-3H3/b27-13+. The molecule has 5 rings (SSSR count). The van der Waals surface area contributed by atoms with E-state index in [2.05, 4.69) is 10.1 Å². The zero-order valence-electron chi connectivity index (χ0n) is 21.8. The van der Waals surface area contributed by atoms with E-state index in [0.29, 0.717) is 5.52 Å². The first-order chi connectivity index (χ1) is 19.0. The first-order valence-electron chi connectivity index (χ1n) is 12.3. The topological polar surface area (TPSA) is 148 Å². The van der Waals surface area contributed by atoms with E-state index >= 15 is 0 Å². The Morgan fingerprint density at radius 2 is 1.85 bits per heavy atom. The van der Waals surface area contributed by atoms with Crippen molar-refractivity contribution in [2.24, 2.45) is 5.10 Å². The van der Waals surface area contributed by atoms with Crippen LogP contribution in [0.25, 0.3) is 10.2 Å². The van der Waals surface area contributed by atoms with Crippen molar-refractivity contribution in [2.75, 3.05) is 18.1 Å². The van der Waals surface area contributed by atoms with Crippen LogP contribution in [0.3, 0.4) is 0 Å². The highest BCUT2D eigenvalue weighted by atomic mass is 32.2. The van der Waals surface area contributed by atoms with Crippen LogP contribution in [0.2, 0.25) is 0 Å². The van der Waals surface area contributed by atoms with Gasteiger partial charge in [-0.3, -0.25) is 14.9 Å². The van der Waals surface area contributed by atoms with Crippen molar-refractivity contribution >= 4 is 54.7 Å². The first kappa shape index (κ1) is 27.6. The third-order valence-electron chi connectivity index (χ3n) is 6.12. The molecule has 3 heterocycles. The number of nitro groups is 1. The SMILES string of the molecule is Cc1ccc2nc(N(/N=C/c3ccc([N+](=O)[O-])o3)C(=O)c3ccc(S(=O)(=O)N4CC(C)OC(C)C4)cc3)sc2c1. The van der Waals surface area contributed by atoms with Crippen LogP contribution in [0.1, 0.15) is 35.5 Å². The van der Waals surface area contributed by atoms with Crippen molar-refractivity contribution in [3.8, 4) is 0 Å². The van der Waals surface area contributed by atoms with Gasteiger partial charge in [-0.1, -0.05) is 17.4 Å². The van der Waals surface area contributed by atoms with Crippen LogP contribution in [0.5, 0.6) is 0 Å². The van der Waals surface area contributed by atoms with Gasteiger partial charge in [-0.15, -0.1) is 0 Å². The van der Waals surface area contributed by atoms with Crippen LogP contribution < -0.4 is 5.01 Å². The molecule has 1 aliphatic heterocycles. The molecular formula is C26H25N5O7S2. The van der Waals surface area contributed by atoms with Crippen molar-refractivity contribution in [1.82, 2.24) is 9.29 Å². The third kappa shape index (κ3) is 5.65. The average Bonchev–Trinajstić information content (AvgIpc) is 3.55. The molecule has 0 N–H and O–H groups in total. The molecule has 0 aliphatic carbocycles. The number of nitrogens with zero attached hydrogens (tertiary/aromatic N) is 5. The minimum Gasteiger partial charge on any atom is -0.400 e. The number of morpholine rings is 1. The second-order valence-electron chi connectivity index (χ2n) is 9.37. The molecule has 1 saturated heterocycles. The number of rotatable bonds is 7. The number of thiazole rings is 1. The van der Waals surface area contributed by atoms with Crippen molar-refractivity contribution < 1.29 is 27.3 Å². The largest absolute Gasteiger partial charge is 0.433 e. The van der Waals surface area contributed by atoms with Crippen molar-refractivity contribution in [3.05, 3.63) is 81.6 Å². The summed E-state index contributed by atoms with van der Waals surface area (Å²) in [4.78, 5) is 28.5. The number of furan rings is 1. The van der Waals surface area contributed by atoms with E-state index in [1.807, 2.05) is 39.0 Å². The summed E-state index contributed by atoms with van der Waals surface area (Å²) in [6.07, 6.45) is 0.708. The monoisotopic (exact) mass is 583 g/mol. The van der Waals surface area contributed by atoms with Crippen molar-refractivity contribution in [3.63, 3.8) is 0 Å². The number of sulfonamides is 1. The number of fused-ring (bicyclic) bond motifs is 1. The van der Waals surface area contributed by atoms with Crippen LogP contribution >= 0.6 is 11.3 Å². The zero-order valence-corrected chi connectivity index (χ0v) is 23.4. The lowest BCUT2D eigenvalue weighted by atomic mass is 10.2. The summed E-state index contributed by atoms with van der Waals surface area (Å²) >= 11 is 1.24. The Morgan fingerprint density at radius 3 is 2.50 bits per heavy atom. The predicted octanol–water partition coefficient (Wildman–Crippen LogP) is 4.58. The smallest absolute Gasteiger partial charge is 0.400 e. The number of ether oxygens (including phenoxy) is 1. The van der Waals surface area contributed by atoms with Gasteiger partial charge in [-0.25, -0.2) is 13.4 Å². The number of benzene rings is 2. The fraction of sp³-hybridized carbons (Fsp3) is 0.269. The summed E-state index contributed by atoms with van der Waals surface area (Å²) in [5, 5.41) is 16.5. The van der Waals surface area contributed by atoms with Crippen LogP contribution in [-0.4, -0.2) is 60.0 Å². The van der Waals surface area contributed by atoms with E-state index in [4.69, 9.17) is 9.15 Å². The molecule has 1 fully saturated rings. The Hall–Kier alpha value is -3.98. The van der Waals surface area contributed by atoms with Crippen LogP contribution in [0.15, 0.2) is 69.0 Å². The molecule has 40 heavy (non-hydrogen) atoms. The van der Waals surface area contributed by atoms with E-state index in [9.17, 15) is 23.3 Å². The number of carbonyl (C=O) groups is 1. The van der Waals surface area contributed by atoms with Gasteiger partial charge in [0.1, 0.15) is 4.92 Å². The summed E-state index contributed by atoms with van der Waals surface area (Å²) in [5.74, 6) is -0.974. The Balaban J connectivity index is 1.46. The normalized spacial score (nSPS) is 18.4. The summed E-state index contributed by atoms with van der Waals surface area (Å²) < 4.78 is 39.5. The minimum absolute atomic E-state index is 0.0544. The minimum atomic E-state index is -3.79. The molecule has 2 atom stereocenters. The number of hydrogen-bond acceptors (Lipinski definition) is 10. The van der Waals surface area contributed by atoms with E-state index in [1.54, 1.807) is 0 Å². The molecule has 2 unspecified atom stereocenters. The Morgan fingerprint density at radius 1 is 1.15 bits per heavy atom. The average molecular weight is 584 g/mol. The molecule has 1 amide bonds. The van der Waals surface area contributed by atoms with E-state index in [1.165, 1.54) is 58.3 Å². The fourth-order valence-corrected chi connectivity index (χ4v) is 6.90. The van der Waals surface area contributed by atoms with Crippen LogP contribution in [0, 0.1) is 17.0 Å². The van der Waals surface area contributed by atoms with E-state index in [0.717, 1.165) is 15.3 Å². The Kier molecular flexibility index (Phi) is 7.51. The van der Waals surface area contributed by atoms with Crippen LogP contribution in [0.4, 0.5) is 11.0 Å². The van der Waals surface area contributed by atoms with E-state index in [-0.39, 0.29) is 46.6 Å². The molecular weight excluding hydrogens is 558 g/mol. The molecule has 208 valence electrons. The lowest BCUT2D eigenvalue weighted by Gasteiger charge is -2.34. The molecule has 0 bridgehead atoms. The highest BCUT2D eigenvalue weighted by molar-refractivity contribution is 7.89. The molecule has 0 saturated carbocycles. The number of hydrogen-bond donors (Lipinski definition) is 0. The highest BCUT2D eigenvalue weighted by Crippen LogP contribution is 2.31. The number of aryl methyl sites for hydroxylation is 1. The second kappa shape index (κ2) is 10.9. The maximum atomic E-state index is 13.6. The number of hydrazone groups is 1. The molecule has 4 aromatic rings. The quantitative estimate of drug-likeness (QED) is 0.174. The first-order valence-corrected chi connectivity index (χ1v) is 14.5. The number of amides is 1. The summed E-state index contributed by atoms with van der Waals surface area (Å²) in [6, 6.07) is 13.8. The second-order valence-corrected chi connectivity index (χ2v) is 12.3. The van der Waals surface area contributed by atoms with Crippen molar-refractivity contribution in [1.29, 1.82) is 0 Å². The van der Waals surface area contributed by atoms with Gasteiger partial charge in [0, 0.05) is 18.7 Å². The van der Waals surface area contributed by atoms with Gasteiger partial charge in [0.25, 0.3) is 5.91 Å². The molecule has 0 radical (unpaired) electrons. The van der Waals surface area contributed by atoms with Gasteiger partial charge in [0.2, 0.25) is 15.2 Å². The molecule has 14 heteroatoms. The molecule has 12 nitrogen and oxygen atoms in total. The van der Waals surface area contributed by atoms with E-state index < -0.39 is 26.7 Å². The predicted molar refractivity (Wildman–Crippen MR) is 149 cm³/mol. The third-order valence-corrected chi connectivity index (χ3v) is 8.96. The zero-order chi connectivity index (χ0) is 28.6. The molecule has 1 aliphatic rings. The number of anilines is 1. The maximum Gasteiger partial charge on any atom is 0.433 e. The number of carbonyl (C=O) groups excluding carboxylic acids is 1. The lowest BCUT2D eigenvalue weighted by molar-refractivity contribution is -0.402. The lowest BCUT2D eigenvalue weighted by Crippen LogP contribution is -2.48. The Bertz CT molecular complexity index is 1700. The highest BCUT2D eigenvalue weighted by Gasteiger charge is 2.32. The Labute approximate surface area is 233 Å². The van der Waals surface area contributed by atoms with Gasteiger partial charge in [-0.05, 0) is 68.8 Å². The fourth-order valence-electron chi connectivity index (χ4n) is 4.29. The summed E-state index contributed by atoms with van der Waals surface area (Å²) in [6.45, 7) is 6.05. The number of aromatic nitrogens is 1. The maximum absolute atomic E-state index is 13.6.